The maximum Gasteiger partial charge on any atom is 0.158 e. The van der Waals surface area contributed by atoms with E-state index in [1.54, 1.807) is 12.3 Å². The number of anilines is 3. The van der Waals surface area contributed by atoms with Gasteiger partial charge in [0.05, 0.1) is 17.3 Å². The van der Waals surface area contributed by atoms with Crippen molar-refractivity contribution in [3.63, 3.8) is 0 Å². The maximum atomic E-state index is 9.89. The van der Waals surface area contributed by atoms with Crippen molar-refractivity contribution < 1.29 is 5.11 Å². The molecule has 2 aromatic rings. The van der Waals surface area contributed by atoms with Gasteiger partial charge in [-0.25, -0.2) is 15.0 Å². The van der Waals surface area contributed by atoms with Crippen LogP contribution in [0, 0.1) is 5.41 Å². The quantitative estimate of drug-likeness (QED) is 0.619. The molecule has 0 radical (unpaired) electrons. The summed E-state index contributed by atoms with van der Waals surface area (Å²) in [5, 5.41) is 10.9. The lowest BCUT2D eigenvalue weighted by atomic mass is 9.77. The monoisotopic (exact) mass is 440 g/mol. The molecule has 1 saturated heterocycles. The molecule has 1 unspecified atom stereocenters. The molecule has 7 nitrogen and oxygen atoms in total. The van der Waals surface area contributed by atoms with Crippen LogP contribution in [-0.2, 0) is 0 Å². The molecule has 28 heavy (non-hydrogen) atoms. The molecule has 2 fully saturated rings. The van der Waals surface area contributed by atoms with Crippen LogP contribution in [0.2, 0.25) is 10.2 Å². The Bertz CT molecular complexity index is 891. The lowest BCUT2D eigenvalue weighted by Gasteiger charge is -2.39. The highest BCUT2D eigenvalue weighted by Gasteiger charge is 2.41. The summed E-state index contributed by atoms with van der Waals surface area (Å²) in [6.07, 6.45) is 6.68. The molecular weight excluding hydrogens is 419 g/mol. The molecule has 4 rings (SSSR count). The molecule has 1 aliphatic carbocycles. The number of nitrogens with zero attached hydrogens (tertiary/aromatic N) is 4. The second-order valence-electron chi connectivity index (χ2n) is 7.55. The first-order chi connectivity index (χ1) is 13.3. The Morgan fingerprint density at radius 1 is 1.18 bits per heavy atom. The number of pyridine rings is 1. The van der Waals surface area contributed by atoms with E-state index >= 15 is 0 Å². The summed E-state index contributed by atoms with van der Waals surface area (Å²) in [6, 6.07) is 1.63. The number of piperidine rings is 1. The van der Waals surface area contributed by atoms with Crippen molar-refractivity contribution in [3.8, 4) is 0 Å². The van der Waals surface area contributed by atoms with Gasteiger partial charge in [-0.3, -0.25) is 0 Å². The van der Waals surface area contributed by atoms with E-state index in [1.165, 1.54) is 11.8 Å². The molecule has 0 amide bonds. The van der Waals surface area contributed by atoms with Gasteiger partial charge in [0.2, 0.25) is 0 Å². The molecule has 3 heterocycles. The summed E-state index contributed by atoms with van der Waals surface area (Å²) in [6.45, 7) is 1.80. The Kier molecular flexibility index (Phi) is 5.48. The summed E-state index contributed by atoms with van der Waals surface area (Å²) in [5.74, 6) is 1.38. The lowest BCUT2D eigenvalue weighted by Crippen LogP contribution is -2.39. The summed E-state index contributed by atoms with van der Waals surface area (Å²) in [4.78, 5) is 15.8. The number of nitrogen functional groups attached to an aromatic ring is 2. The fourth-order valence-electron chi connectivity index (χ4n) is 4.13. The first-order valence-corrected chi connectivity index (χ1v) is 10.8. The van der Waals surface area contributed by atoms with Crippen molar-refractivity contribution >= 4 is 52.4 Å². The van der Waals surface area contributed by atoms with Gasteiger partial charge in [0.25, 0.3) is 0 Å². The molecule has 1 saturated carbocycles. The van der Waals surface area contributed by atoms with E-state index in [1.807, 2.05) is 0 Å². The number of aliphatic hydroxyl groups excluding tert-OH is 1. The third kappa shape index (κ3) is 3.96. The molecule has 150 valence electrons. The highest BCUT2D eigenvalue weighted by atomic mass is 35.5. The van der Waals surface area contributed by atoms with Crippen molar-refractivity contribution in [1.82, 2.24) is 15.0 Å². The van der Waals surface area contributed by atoms with E-state index in [-0.39, 0.29) is 17.1 Å². The molecule has 5 N–H and O–H groups in total. The minimum Gasteiger partial charge on any atom is -0.393 e. The fraction of sp³-hybridized carbons (Fsp3) is 0.500. The zero-order chi connectivity index (χ0) is 19.9. The van der Waals surface area contributed by atoms with Crippen LogP contribution >= 0.6 is 35.0 Å². The first-order valence-electron chi connectivity index (χ1n) is 9.20. The number of rotatable bonds is 3. The van der Waals surface area contributed by atoms with Crippen LogP contribution in [0.5, 0.6) is 0 Å². The van der Waals surface area contributed by atoms with Gasteiger partial charge in [0.15, 0.2) is 11.0 Å². The Morgan fingerprint density at radius 2 is 1.93 bits per heavy atom. The number of aliphatic hydroxyl groups is 1. The van der Waals surface area contributed by atoms with Crippen LogP contribution in [0.4, 0.5) is 17.5 Å². The summed E-state index contributed by atoms with van der Waals surface area (Å²) < 4.78 is 0. The van der Waals surface area contributed by atoms with Crippen LogP contribution in [0.25, 0.3) is 0 Å². The number of halogens is 2. The predicted octanol–water partition coefficient (Wildman–Crippen LogP) is 3.63. The van der Waals surface area contributed by atoms with Gasteiger partial charge in [0, 0.05) is 18.0 Å². The molecule has 0 bridgehead atoms. The van der Waals surface area contributed by atoms with Crippen molar-refractivity contribution in [1.29, 1.82) is 0 Å². The average molecular weight is 441 g/mol. The van der Waals surface area contributed by atoms with Crippen LogP contribution < -0.4 is 16.4 Å². The number of hydrogen-bond donors (Lipinski definition) is 3. The highest BCUT2D eigenvalue weighted by Crippen LogP contribution is 2.47. The number of nitrogens with two attached hydrogens (primary N) is 2. The summed E-state index contributed by atoms with van der Waals surface area (Å²) >= 11 is 13.4. The topological polar surface area (TPSA) is 114 Å². The van der Waals surface area contributed by atoms with Crippen molar-refractivity contribution in [2.24, 2.45) is 5.41 Å². The van der Waals surface area contributed by atoms with Gasteiger partial charge in [-0.15, -0.1) is 0 Å². The van der Waals surface area contributed by atoms with Crippen LogP contribution in [0.1, 0.15) is 32.1 Å². The van der Waals surface area contributed by atoms with E-state index in [4.69, 9.17) is 34.7 Å². The summed E-state index contributed by atoms with van der Waals surface area (Å²) in [5.41, 5.74) is 12.2. The number of aromatic nitrogens is 3. The van der Waals surface area contributed by atoms with E-state index in [0.717, 1.165) is 51.0 Å². The minimum atomic E-state index is -0.138. The largest absolute Gasteiger partial charge is 0.393 e. The van der Waals surface area contributed by atoms with Crippen molar-refractivity contribution in [3.05, 3.63) is 22.4 Å². The van der Waals surface area contributed by atoms with Gasteiger partial charge in [-0.1, -0.05) is 35.0 Å². The molecule has 1 aliphatic heterocycles. The zero-order valence-electron chi connectivity index (χ0n) is 15.2. The van der Waals surface area contributed by atoms with Crippen LogP contribution in [0.15, 0.2) is 22.2 Å². The second kappa shape index (κ2) is 7.74. The van der Waals surface area contributed by atoms with Gasteiger partial charge >= 0.3 is 0 Å². The minimum absolute atomic E-state index is 0.138. The van der Waals surface area contributed by atoms with Crippen molar-refractivity contribution in [2.45, 2.75) is 48.1 Å². The van der Waals surface area contributed by atoms with Crippen LogP contribution in [0.3, 0.4) is 0 Å². The third-order valence-electron chi connectivity index (χ3n) is 5.69. The average Bonchev–Trinajstić information content (AvgIpc) is 3.01. The lowest BCUT2D eigenvalue weighted by molar-refractivity contribution is 0.144. The molecule has 0 aromatic carbocycles. The Hall–Kier alpha value is -1.48. The molecule has 1 atom stereocenters. The fourth-order valence-corrected chi connectivity index (χ4v) is 5.42. The van der Waals surface area contributed by atoms with E-state index < -0.39 is 0 Å². The Labute approximate surface area is 177 Å². The van der Waals surface area contributed by atoms with Gasteiger partial charge in [-0.05, 0) is 43.6 Å². The van der Waals surface area contributed by atoms with Crippen molar-refractivity contribution in [2.75, 3.05) is 29.5 Å². The SMILES string of the molecule is Nc1cc(Sc2ncc(N3CCC4(CCC(O)C4)CC3)nc2N)c(Cl)c(Cl)n1. The second-order valence-corrected chi connectivity index (χ2v) is 9.32. The van der Waals surface area contributed by atoms with Gasteiger partial charge in [-0.2, -0.15) is 0 Å². The smallest absolute Gasteiger partial charge is 0.158 e. The standard InChI is InChI=1S/C18H22Cl2N6OS/c19-14-11(7-12(21)24-15(14)20)28-17-16(22)25-13(9-23-17)26-5-3-18(4-6-26)2-1-10(27)8-18/h7,9-10,27H,1-6,8H2,(H2,21,24)(H2,22,25). The molecular formula is C18H22Cl2N6OS. The highest BCUT2D eigenvalue weighted by molar-refractivity contribution is 7.99. The maximum absolute atomic E-state index is 9.89. The normalized spacial score (nSPS) is 21.4. The zero-order valence-corrected chi connectivity index (χ0v) is 17.6. The number of hydrogen-bond acceptors (Lipinski definition) is 8. The van der Waals surface area contributed by atoms with E-state index in [0.29, 0.717) is 26.2 Å². The molecule has 2 aliphatic rings. The summed E-state index contributed by atoms with van der Waals surface area (Å²) in [7, 11) is 0. The van der Waals surface area contributed by atoms with Gasteiger partial charge < -0.3 is 21.5 Å². The Morgan fingerprint density at radius 3 is 2.57 bits per heavy atom. The van der Waals surface area contributed by atoms with Crippen LogP contribution in [-0.4, -0.2) is 39.3 Å². The van der Waals surface area contributed by atoms with Gasteiger partial charge in [0.1, 0.15) is 16.7 Å². The molecule has 10 heteroatoms. The Balaban J connectivity index is 1.47. The third-order valence-corrected chi connectivity index (χ3v) is 7.60. The van der Waals surface area contributed by atoms with E-state index in [2.05, 4.69) is 19.9 Å². The van der Waals surface area contributed by atoms with E-state index in [9.17, 15) is 5.11 Å². The first kappa shape index (κ1) is 19.8. The molecule has 2 aromatic heterocycles. The predicted molar refractivity (Wildman–Crippen MR) is 113 cm³/mol. The molecule has 1 spiro atoms.